The highest BCUT2D eigenvalue weighted by molar-refractivity contribution is 6.23. The molecule has 2 aromatic rings. The van der Waals surface area contributed by atoms with Gasteiger partial charge in [0.25, 0.3) is 11.8 Å². The smallest absolute Gasteiger partial charge is 0.262 e. The van der Waals surface area contributed by atoms with Gasteiger partial charge in [0, 0.05) is 19.3 Å². The highest BCUT2D eigenvalue weighted by Crippen LogP contribution is 2.30. The van der Waals surface area contributed by atoms with Crippen molar-refractivity contribution >= 4 is 34.9 Å². The molecule has 7 heteroatoms. The molecule has 32 heavy (non-hydrogen) atoms. The molecule has 7 nitrogen and oxygen atoms in total. The summed E-state index contributed by atoms with van der Waals surface area (Å²) in [7, 11) is 0. The summed E-state index contributed by atoms with van der Waals surface area (Å²) >= 11 is 0. The lowest BCUT2D eigenvalue weighted by molar-refractivity contribution is -0.132. The van der Waals surface area contributed by atoms with Gasteiger partial charge in [-0.25, -0.2) is 4.85 Å². The van der Waals surface area contributed by atoms with Crippen LogP contribution in [0.4, 0.5) is 5.69 Å². The number of aryl methyl sites for hydroxylation is 1. The van der Waals surface area contributed by atoms with Crippen LogP contribution in [0.1, 0.15) is 57.5 Å². The molecule has 1 unspecified atom stereocenters. The molecular formula is C25H20N2O5. The lowest BCUT2D eigenvalue weighted by atomic mass is 9.92. The molecule has 1 aliphatic heterocycles. The van der Waals surface area contributed by atoms with Gasteiger partial charge < -0.3 is 0 Å². The van der Waals surface area contributed by atoms with E-state index in [0.29, 0.717) is 12.1 Å². The van der Waals surface area contributed by atoms with E-state index in [4.69, 9.17) is 6.57 Å². The Morgan fingerprint density at radius 3 is 2.34 bits per heavy atom. The van der Waals surface area contributed by atoms with Gasteiger partial charge in [-0.2, -0.15) is 0 Å². The number of nitrogens with zero attached hydrogens (tertiary/aromatic N) is 2. The molecule has 1 atom stereocenters. The topological polar surface area (TPSA) is 92.9 Å². The second-order valence-electron chi connectivity index (χ2n) is 8.09. The maximum absolute atomic E-state index is 12.9. The van der Waals surface area contributed by atoms with E-state index in [1.807, 2.05) is 0 Å². The maximum atomic E-state index is 12.9. The summed E-state index contributed by atoms with van der Waals surface area (Å²) < 4.78 is 0. The third kappa shape index (κ3) is 4.12. The van der Waals surface area contributed by atoms with Crippen molar-refractivity contribution in [3.63, 3.8) is 0 Å². The zero-order valence-electron chi connectivity index (χ0n) is 17.3. The predicted molar refractivity (Wildman–Crippen MR) is 114 cm³/mol. The van der Waals surface area contributed by atoms with Crippen LogP contribution in [0.15, 0.2) is 42.5 Å². The fourth-order valence-electron chi connectivity index (χ4n) is 4.17. The molecule has 0 aromatic heterocycles. The molecule has 0 spiro atoms. The van der Waals surface area contributed by atoms with Crippen LogP contribution in [0.2, 0.25) is 0 Å². The number of ketones is 3. The van der Waals surface area contributed by atoms with Gasteiger partial charge in [-0.15, -0.1) is 0 Å². The van der Waals surface area contributed by atoms with Gasteiger partial charge in [-0.3, -0.25) is 28.9 Å². The van der Waals surface area contributed by atoms with Crippen LogP contribution in [0, 0.1) is 6.57 Å². The summed E-state index contributed by atoms with van der Waals surface area (Å²) in [6.45, 7) is 6.96. The first-order valence-electron chi connectivity index (χ1n) is 10.4. The van der Waals surface area contributed by atoms with Gasteiger partial charge >= 0.3 is 0 Å². The first-order valence-corrected chi connectivity index (χ1v) is 10.4. The second kappa shape index (κ2) is 8.67. The molecule has 1 aliphatic carbocycles. The van der Waals surface area contributed by atoms with Crippen LogP contribution in [-0.2, 0) is 27.2 Å². The van der Waals surface area contributed by atoms with E-state index in [1.165, 1.54) is 0 Å². The standard InChI is InChI=1S/C25H20N2O5/c1-26-17-6-2-15(3-7-17)12-18(28)8-4-16-5-10-20-21(13-16)25(32)27(24(20)31)22-11-9-19(29)14-23(22)30/h2-3,5-7,10,13,22H,4,8-9,11-12,14H2. The molecule has 2 amide bonds. The van der Waals surface area contributed by atoms with Crippen LogP contribution >= 0.6 is 0 Å². The Hall–Kier alpha value is -3.92. The van der Waals surface area contributed by atoms with Gasteiger partial charge in [0.15, 0.2) is 11.5 Å². The monoisotopic (exact) mass is 428 g/mol. The maximum Gasteiger partial charge on any atom is 0.262 e. The molecule has 0 saturated heterocycles. The number of imide groups is 1. The summed E-state index contributed by atoms with van der Waals surface area (Å²) in [6, 6.07) is 10.9. The lowest BCUT2D eigenvalue weighted by Gasteiger charge is -2.27. The van der Waals surface area contributed by atoms with Crippen molar-refractivity contribution in [3.8, 4) is 0 Å². The van der Waals surface area contributed by atoms with Crippen molar-refractivity contribution in [2.45, 2.75) is 44.6 Å². The molecule has 160 valence electrons. The number of rotatable bonds is 6. The van der Waals surface area contributed by atoms with E-state index in [0.717, 1.165) is 16.0 Å². The predicted octanol–water partition coefficient (Wildman–Crippen LogP) is 3.27. The number of hydrogen-bond donors (Lipinski definition) is 0. The normalized spacial score (nSPS) is 18.0. The number of fused-ring (bicyclic) bond motifs is 1. The van der Waals surface area contributed by atoms with Crippen LogP contribution in [0.5, 0.6) is 0 Å². The fourth-order valence-corrected chi connectivity index (χ4v) is 4.17. The van der Waals surface area contributed by atoms with Gasteiger partial charge in [0.05, 0.1) is 30.2 Å². The zero-order valence-corrected chi connectivity index (χ0v) is 17.3. The molecule has 0 N–H and O–H groups in total. The fraction of sp³-hybridized carbons (Fsp3) is 0.280. The van der Waals surface area contributed by atoms with Crippen LogP contribution in [0.3, 0.4) is 0 Å². The Labute approximate surface area is 184 Å². The Kier molecular flexibility index (Phi) is 5.78. The molecule has 1 saturated carbocycles. The highest BCUT2D eigenvalue weighted by Gasteiger charge is 2.44. The van der Waals surface area contributed by atoms with Crippen LogP contribution < -0.4 is 0 Å². The van der Waals surface area contributed by atoms with Crippen LogP contribution in [-0.4, -0.2) is 40.1 Å². The number of amides is 2. The first-order chi connectivity index (χ1) is 15.4. The largest absolute Gasteiger partial charge is 0.299 e. The molecule has 4 rings (SSSR count). The summed E-state index contributed by atoms with van der Waals surface area (Å²) in [5.74, 6) is -1.57. The summed E-state index contributed by atoms with van der Waals surface area (Å²) in [6.07, 6.45) is 1.06. The molecule has 1 heterocycles. The minimum Gasteiger partial charge on any atom is -0.299 e. The van der Waals surface area contributed by atoms with E-state index < -0.39 is 23.6 Å². The number of hydrogen-bond acceptors (Lipinski definition) is 5. The van der Waals surface area contributed by atoms with Crippen molar-refractivity contribution in [2.75, 3.05) is 0 Å². The minimum atomic E-state index is -0.889. The Morgan fingerprint density at radius 2 is 1.66 bits per heavy atom. The van der Waals surface area contributed by atoms with Crippen molar-refractivity contribution in [1.82, 2.24) is 4.90 Å². The van der Waals surface area contributed by atoms with Crippen molar-refractivity contribution in [3.05, 3.63) is 76.1 Å². The second-order valence-corrected chi connectivity index (χ2v) is 8.09. The van der Waals surface area contributed by atoms with Crippen molar-refractivity contribution in [1.29, 1.82) is 0 Å². The Balaban J connectivity index is 1.42. The number of Topliss-reactive ketones (excluding diaryl/α,β-unsaturated/α-hetero) is 3. The molecule has 1 fully saturated rings. The summed E-state index contributed by atoms with van der Waals surface area (Å²) in [4.78, 5) is 66.1. The van der Waals surface area contributed by atoms with E-state index in [2.05, 4.69) is 4.85 Å². The van der Waals surface area contributed by atoms with E-state index in [9.17, 15) is 24.0 Å². The van der Waals surface area contributed by atoms with Gasteiger partial charge in [0.2, 0.25) is 0 Å². The highest BCUT2D eigenvalue weighted by atomic mass is 16.2. The SMILES string of the molecule is [C-]#[N+]c1ccc(CC(=O)CCc2ccc3c(c2)C(=O)N(C2CCC(=O)CC2=O)C3=O)cc1. The van der Waals surface area contributed by atoms with Gasteiger partial charge in [-0.05, 0) is 36.1 Å². The van der Waals surface area contributed by atoms with E-state index in [1.54, 1.807) is 42.5 Å². The van der Waals surface area contributed by atoms with Crippen molar-refractivity contribution < 1.29 is 24.0 Å². The Morgan fingerprint density at radius 1 is 0.969 bits per heavy atom. The molecule has 2 aliphatic rings. The quantitative estimate of drug-likeness (QED) is 0.400. The number of carbonyl (C=O) groups excluding carboxylic acids is 5. The van der Waals surface area contributed by atoms with E-state index in [-0.39, 0.29) is 54.8 Å². The third-order valence-electron chi connectivity index (χ3n) is 5.89. The van der Waals surface area contributed by atoms with Gasteiger partial charge in [0.1, 0.15) is 11.6 Å². The van der Waals surface area contributed by atoms with Crippen LogP contribution in [0.25, 0.3) is 4.85 Å². The van der Waals surface area contributed by atoms with Gasteiger partial charge in [-0.1, -0.05) is 30.3 Å². The lowest BCUT2D eigenvalue weighted by Crippen LogP contribution is -2.47. The number of benzene rings is 2. The molecular weight excluding hydrogens is 408 g/mol. The summed E-state index contributed by atoms with van der Waals surface area (Å²) in [5, 5.41) is 0. The summed E-state index contributed by atoms with van der Waals surface area (Å²) in [5.41, 5.74) is 2.60. The molecule has 2 aromatic carbocycles. The van der Waals surface area contributed by atoms with E-state index >= 15 is 0 Å². The zero-order chi connectivity index (χ0) is 22.8. The third-order valence-corrected chi connectivity index (χ3v) is 5.89. The Bertz CT molecular complexity index is 1190. The average molecular weight is 428 g/mol. The first kappa shape index (κ1) is 21.3. The molecule has 0 bridgehead atoms. The minimum absolute atomic E-state index is 0.0301. The number of carbonyl (C=O) groups is 5. The average Bonchev–Trinajstić information content (AvgIpc) is 3.03. The van der Waals surface area contributed by atoms with Crippen molar-refractivity contribution in [2.24, 2.45) is 0 Å². The molecule has 0 radical (unpaired) electrons.